The van der Waals surface area contributed by atoms with E-state index in [-0.39, 0.29) is 11.9 Å². The summed E-state index contributed by atoms with van der Waals surface area (Å²) in [4.78, 5) is 2.14. The van der Waals surface area contributed by atoms with Gasteiger partial charge in [-0.2, -0.15) is 5.26 Å². The first-order valence-electron chi connectivity index (χ1n) is 5.31. The summed E-state index contributed by atoms with van der Waals surface area (Å²) in [5.41, 5.74) is 0.859. The SMILES string of the molecule is N#CC(c1ccc(F)c(Br)c1)N1CCCC1. The van der Waals surface area contributed by atoms with Crippen LogP contribution in [0.15, 0.2) is 22.7 Å². The minimum Gasteiger partial charge on any atom is -0.284 e. The topological polar surface area (TPSA) is 27.0 Å². The van der Waals surface area contributed by atoms with Crippen LogP contribution in [0.1, 0.15) is 24.4 Å². The maximum absolute atomic E-state index is 13.1. The molecular weight excluding hydrogens is 271 g/mol. The smallest absolute Gasteiger partial charge is 0.137 e. The van der Waals surface area contributed by atoms with Crippen molar-refractivity contribution in [3.8, 4) is 6.07 Å². The first kappa shape index (κ1) is 11.6. The van der Waals surface area contributed by atoms with E-state index in [1.165, 1.54) is 6.07 Å². The number of nitrogens with zero attached hydrogens (tertiary/aromatic N) is 2. The van der Waals surface area contributed by atoms with Crippen molar-refractivity contribution in [2.45, 2.75) is 18.9 Å². The van der Waals surface area contributed by atoms with Gasteiger partial charge in [-0.1, -0.05) is 6.07 Å². The Morgan fingerprint density at radius 2 is 2.06 bits per heavy atom. The fourth-order valence-electron chi connectivity index (χ4n) is 2.05. The van der Waals surface area contributed by atoms with Gasteiger partial charge in [-0.15, -0.1) is 0 Å². The van der Waals surface area contributed by atoms with Gasteiger partial charge in [0.1, 0.15) is 11.9 Å². The number of halogens is 2. The molecule has 16 heavy (non-hydrogen) atoms. The summed E-state index contributed by atoms with van der Waals surface area (Å²) in [5.74, 6) is -0.290. The molecule has 2 nitrogen and oxygen atoms in total. The third-order valence-electron chi connectivity index (χ3n) is 2.89. The Bertz CT molecular complexity index is 422. The van der Waals surface area contributed by atoms with Crippen molar-refractivity contribution in [2.75, 3.05) is 13.1 Å². The first-order chi connectivity index (χ1) is 7.72. The molecule has 0 saturated carbocycles. The maximum Gasteiger partial charge on any atom is 0.137 e. The van der Waals surface area contributed by atoms with Crippen LogP contribution in [0.5, 0.6) is 0 Å². The standard InChI is InChI=1S/C12H12BrFN2/c13-10-7-9(3-4-11(10)14)12(8-15)16-5-1-2-6-16/h3-4,7,12H,1-2,5-6H2. The van der Waals surface area contributed by atoms with Crippen molar-refractivity contribution in [2.24, 2.45) is 0 Å². The second-order valence-electron chi connectivity index (χ2n) is 3.95. The summed E-state index contributed by atoms with van der Waals surface area (Å²) in [6.07, 6.45) is 2.28. The number of hydrogen-bond acceptors (Lipinski definition) is 2. The molecule has 1 aliphatic rings. The lowest BCUT2D eigenvalue weighted by Gasteiger charge is -2.21. The predicted molar refractivity (Wildman–Crippen MR) is 63.3 cm³/mol. The highest BCUT2D eigenvalue weighted by molar-refractivity contribution is 9.10. The van der Waals surface area contributed by atoms with Crippen molar-refractivity contribution in [3.05, 3.63) is 34.1 Å². The fourth-order valence-corrected chi connectivity index (χ4v) is 2.45. The number of benzene rings is 1. The summed E-state index contributed by atoms with van der Waals surface area (Å²) >= 11 is 3.15. The Balaban J connectivity index is 2.26. The zero-order valence-corrected chi connectivity index (χ0v) is 10.4. The summed E-state index contributed by atoms with van der Waals surface area (Å²) in [6, 6.07) is 6.82. The third-order valence-corrected chi connectivity index (χ3v) is 3.50. The molecule has 0 amide bonds. The summed E-state index contributed by atoms with van der Waals surface area (Å²) in [7, 11) is 0. The molecule has 1 heterocycles. The van der Waals surface area contributed by atoms with E-state index in [2.05, 4.69) is 26.9 Å². The third kappa shape index (κ3) is 2.26. The lowest BCUT2D eigenvalue weighted by molar-refractivity contribution is 0.294. The average Bonchev–Trinajstić information content (AvgIpc) is 2.78. The van der Waals surface area contributed by atoms with Crippen LogP contribution in [-0.2, 0) is 0 Å². The van der Waals surface area contributed by atoms with E-state index in [1.807, 2.05) is 0 Å². The summed E-state index contributed by atoms with van der Waals surface area (Å²) in [6.45, 7) is 1.90. The van der Waals surface area contributed by atoms with Crippen molar-refractivity contribution in [1.82, 2.24) is 4.90 Å². The van der Waals surface area contributed by atoms with Crippen LogP contribution in [0.25, 0.3) is 0 Å². The highest BCUT2D eigenvalue weighted by atomic mass is 79.9. The Labute approximate surface area is 103 Å². The van der Waals surface area contributed by atoms with Gasteiger partial charge < -0.3 is 0 Å². The zero-order valence-electron chi connectivity index (χ0n) is 8.79. The van der Waals surface area contributed by atoms with E-state index >= 15 is 0 Å². The minimum atomic E-state index is -0.290. The molecule has 84 valence electrons. The van der Waals surface area contributed by atoms with Crippen LogP contribution >= 0.6 is 15.9 Å². The summed E-state index contributed by atoms with van der Waals surface area (Å²) < 4.78 is 13.5. The van der Waals surface area contributed by atoms with Gasteiger partial charge in [0.05, 0.1) is 10.5 Å². The van der Waals surface area contributed by atoms with Crippen molar-refractivity contribution in [3.63, 3.8) is 0 Å². The van der Waals surface area contributed by atoms with Gasteiger partial charge in [0.25, 0.3) is 0 Å². The van der Waals surface area contributed by atoms with Crippen LogP contribution in [0.4, 0.5) is 4.39 Å². The van der Waals surface area contributed by atoms with Crippen molar-refractivity contribution < 1.29 is 4.39 Å². The van der Waals surface area contributed by atoms with E-state index in [0.717, 1.165) is 31.5 Å². The van der Waals surface area contributed by atoms with E-state index in [4.69, 9.17) is 0 Å². The lowest BCUT2D eigenvalue weighted by Crippen LogP contribution is -2.24. The average molecular weight is 283 g/mol. The molecule has 1 unspecified atom stereocenters. The van der Waals surface area contributed by atoms with Crippen molar-refractivity contribution in [1.29, 1.82) is 5.26 Å². The van der Waals surface area contributed by atoms with Crippen LogP contribution in [0, 0.1) is 17.1 Å². The molecule has 1 aromatic rings. The molecule has 1 fully saturated rings. The highest BCUT2D eigenvalue weighted by Crippen LogP contribution is 2.27. The molecule has 4 heteroatoms. The maximum atomic E-state index is 13.1. The van der Waals surface area contributed by atoms with Gasteiger partial charge in [-0.25, -0.2) is 4.39 Å². The van der Waals surface area contributed by atoms with E-state index in [9.17, 15) is 9.65 Å². The second kappa shape index (κ2) is 4.94. The Morgan fingerprint density at radius 3 is 2.62 bits per heavy atom. The molecule has 1 saturated heterocycles. The number of rotatable bonds is 2. The minimum absolute atomic E-state index is 0.251. The van der Waals surface area contributed by atoms with E-state index in [0.29, 0.717) is 4.47 Å². The van der Waals surface area contributed by atoms with Crippen LogP contribution in [0.3, 0.4) is 0 Å². The number of hydrogen-bond donors (Lipinski definition) is 0. The Morgan fingerprint density at radius 1 is 1.38 bits per heavy atom. The lowest BCUT2D eigenvalue weighted by atomic mass is 10.1. The molecule has 0 spiro atoms. The number of nitriles is 1. The quantitative estimate of drug-likeness (QED) is 0.833. The fraction of sp³-hybridized carbons (Fsp3) is 0.417. The van der Waals surface area contributed by atoms with Gasteiger partial charge in [0.2, 0.25) is 0 Å². The predicted octanol–water partition coefficient (Wildman–Crippen LogP) is 3.25. The molecule has 0 radical (unpaired) electrons. The normalized spacial score (nSPS) is 18.3. The van der Waals surface area contributed by atoms with Crippen molar-refractivity contribution >= 4 is 15.9 Å². The molecule has 2 rings (SSSR count). The molecule has 0 bridgehead atoms. The van der Waals surface area contributed by atoms with Gasteiger partial charge in [0.15, 0.2) is 0 Å². The molecule has 1 aromatic carbocycles. The van der Waals surface area contributed by atoms with Crippen LogP contribution in [0.2, 0.25) is 0 Å². The first-order valence-corrected chi connectivity index (χ1v) is 6.10. The summed E-state index contributed by atoms with van der Waals surface area (Å²) in [5, 5.41) is 9.20. The van der Waals surface area contributed by atoms with Gasteiger partial charge in [0, 0.05) is 0 Å². The largest absolute Gasteiger partial charge is 0.284 e. The Kier molecular flexibility index (Phi) is 3.57. The van der Waals surface area contributed by atoms with Crippen LogP contribution in [-0.4, -0.2) is 18.0 Å². The van der Waals surface area contributed by atoms with Crippen LogP contribution < -0.4 is 0 Å². The zero-order chi connectivity index (χ0) is 11.5. The highest BCUT2D eigenvalue weighted by Gasteiger charge is 2.23. The molecule has 1 aliphatic heterocycles. The van der Waals surface area contributed by atoms with Gasteiger partial charge in [-0.3, -0.25) is 4.90 Å². The molecule has 0 aromatic heterocycles. The monoisotopic (exact) mass is 282 g/mol. The molecular formula is C12H12BrFN2. The van der Waals surface area contributed by atoms with E-state index in [1.54, 1.807) is 12.1 Å². The Hall–Kier alpha value is -0.920. The molecule has 0 aliphatic carbocycles. The molecule has 0 N–H and O–H groups in total. The number of likely N-dealkylation sites (tertiary alicyclic amines) is 1. The van der Waals surface area contributed by atoms with Gasteiger partial charge >= 0.3 is 0 Å². The molecule has 1 atom stereocenters. The van der Waals surface area contributed by atoms with Gasteiger partial charge in [-0.05, 0) is 59.6 Å². The van der Waals surface area contributed by atoms with E-state index < -0.39 is 0 Å². The second-order valence-corrected chi connectivity index (χ2v) is 4.80.